The maximum Gasteiger partial charge on any atom is 0.472 e. The number of aromatic amines is 1. The molecule has 0 amide bonds. The van der Waals surface area contributed by atoms with Crippen LogP contribution in [0.3, 0.4) is 0 Å². The Morgan fingerprint density at radius 1 is 0.822 bits per heavy atom. The maximum absolute atomic E-state index is 13.2. The molecule has 9 N–H and O–H groups in total. The Morgan fingerprint density at radius 3 is 1.93 bits per heavy atom. The van der Waals surface area contributed by atoms with Crippen LogP contribution >= 0.6 is 15.6 Å². The van der Waals surface area contributed by atoms with E-state index in [1.54, 1.807) is 0 Å². The number of phosphoric acid groups is 2. The van der Waals surface area contributed by atoms with Gasteiger partial charge in [-0.2, -0.15) is 4.98 Å². The van der Waals surface area contributed by atoms with Gasteiger partial charge in [0.15, 0.2) is 35.1 Å². The zero-order chi connectivity index (χ0) is 31.8. The standard InChI is InChI=1S/C20H24N10O13P2/c21-14-8-15(24-3-23-14)29(4-25-8)18-12-10(31)6(40-18)1-38-45(36,37)43-13-11(32)7(2-39-44(34,35)42-12)41-19(13)30-5-26-9-16(30)27-20(22)28-17(9)33/h3-7,10-13,18-19,31-32H,1-2H2,(H,34,35)(H,36,37)(H2,21,23,24)(H3,22,27,28,33)/t6-,7-,10?,11?,12+,13+,18-,19-/m1/s1. The zero-order valence-corrected chi connectivity index (χ0v) is 24.2. The van der Waals surface area contributed by atoms with Crippen LogP contribution < -0.4 is 17.0 Å². The molecule has 25 heteroatoms. The van der Waals surface area contributed by atoms with E-state index in [1.165, 1.54) is 10.9 Å². The number of aliphatic hydroxyl groups excluding tert-OH is 2. The number of ether oxygens (including phenoxy) is 2. The van der Waals surface area contributed by atoms with Crippen molar-refractivity contribution in [3.63, 3.8) is 0 Å². The fraction of sp³-hybridized carbons (Fsp3) is 0.500. The van der Waals surface area contributed by atoms with Crippen LogP contribution in [0.15, 0.2) is 23.8 Å². The Bertz CT molecular complexity index is 1940. The number of aliphatic hydroxyl groups is 2. The first kappa shape index (κ1) is 30.2. The Kier molecular flexibility index (Phi) is 7.27. The number of H-pyrrole nitrogens is 1. The van der Waals surface area contributed by atoms with Crippen molar-refractivity contribution in [2.45, 2.75) is 49.1 Å². The molecule has 3 saturated heterocycles. The van der Waals surface area contributed by atoms with Crippen molar-refractivity contribution in [3.05, 3.63) is 29.3 Å². The third-order valence-electron chi connectivity index (χ3n) is 7.33. The van der Waals surface area contributed by atoms with Gasteiger partial charge in [0.25, 0.3) is 5.56 Å². The van der Waals surface area contributed by atoms with E-state index in [-0.39, 0.29) is 34.1 Å². The molecule has 7 rings (SSSR count). The van der Waals surface area contributed by atoms with E-state index in [1.807, 2.05) is 0 Å². The summed E-state index contributed by atoms with van der Waals surface area (Å²) in [6, 6.07) is 0. The van der Waals surface area contributed by atoms with Crippen LogP contribution in [0.5, 0.6) is 0 Å². The number of imidazole rings is 2. The summed E-state index contributed by atoms with van der Waals surface area (Å²) in [6.45, 7) is -1.65. The minimum absolute atomic E-state index is 0.0178. The van der Waals surface area contributed by atoms with Crippen LogP contribution in [0.4, 0.5) is 11.8 Å². The third kappa shape index (κ3) is 5.31. The fourth-order valence-corrected chi connectivity index (χ4v) is 7.14. The normalized spacial score (nSPS) is 37.7. The number of aromatic nitrogens is 8. The summed E-state index contributed by atoms with van der Waals surface area (Å²) in [5.74, 6) is -0.270. The van der Waals surface area contributed by atoms with E-state index in [0.29, 0.717) is 0 Å². The Hall–Kier alpha value is -3.44. The number of anilines is 2. The molecule has 7 heterocycles. The summed E-state index contributed by atoms with van der Waals surface area (Å²) in [5, 5.41) is 22.1. The van der Waals surface area contributed by atoms with Crippen LogP contribution in [0.25, 0.3) is 22.3 Å². The van der Waals surface area contributed by atoms with Crippen molar-refractivity contribution in [3.8, 4) is 0 Å². The van der Waals surface area contributed by atoms with Crippen molar-refractivity contribution in [2.75, 3.05) is 24.7 Å². The van der Waals surface area contributed by atoms with Crippen LogP contribution in [-0.4, -0.2) is 109 Å². The van der Waals surface area contributed by atoms with Crippen LogP contribution in [0.1, 0.15) is 12.5 Å². The molecule has 0 spiro atoms. The van der Waals surface area contributed by atoms with Gasteiger partial charge in [0.2, 0.25) is 5.95 Å². The number of nitrogens with one attached hydrogen (secondary N) is 1. The van der Waals surface area contributed by atoms with Crippen molar-refractivity contribution in [1.29, 1.82) is 0 Å². The van der Waals surface area contributed by atoms with Gasteiger partial charge in [-0.1, -0.05) is 0 Å². The van der Waals surface area contributed by atoms with Gasteiger partial charge in [-0.05, 0) is 0 Å². The summed E-state index contributed by atoms with van der Waals surface area (Å²) in [7, 11) is -10.2. The highest BCUT2D eigenvalue weighted by molar-refractivity contribution is 7.47. The summed E-state index contributed by atoms with van der Waals surface area (Å²) in [4.78, 5) is 55.8. The van der Waals surface area contributed by atoms with Crippen molar-refractivity contribution in [1.82, 2.24) is 39.0 Å². The molecule has 10 atom stereocenters. The lowest BCUT2D eigenvalue weighted by molar-refractivity contribution is -0.0675. The molecule has 3 aliphatic heterocycles. The summed E-state index contributed by atoms with van der Waals surface area (Å²) >= 11 is 0. The Labute approximate surface area is 248 Å². The Morgan fingerprint density at radius 2 is 1.36 bits per heavy atom. The average molecular weight is 674 g/mol. The average Bonchev–Trinajstić information content (AvgIpc) is 3.72. The first-order valence-electron chi connectivity index (χ1n) is 13.0. The molecule has 4 bridgehead atoms. The van der Waals surface area contributed by atoms with Gasteiger partial charge in [-0.25, -0.2) is 29.1 Å². The lowest BCUT2D eigenvalue weighted by Gasteiger charge is -2.26. The Balaban J connectivity index is 1.23. The number of nitrogen functional groups attached to an aromatic ring is 2. The molecule has 242 valence electrons. The highest BCUT2D eigenvalue weighted by atomic mass is 31.2. The number of nitrogens with zero attached hydrogens (tertiary/aromatic N) is 7. The van der Waals surface area contributed by atoms with Crippen LogP contribution in [0.2, 0.25) is 0 Å². The van der Waals surface area contributed by atoms with Gasteiger partial charge in [-0.15, -0.1) is 0 Å². The second kappa shape index (κ2) is 10.8. The lowest BCUT2D eigenvalue weighted by Crippen LogP contribution is -2.38. The van der Waals surface area contributed by atoms with Crippen molar-refractivity contribution in [2.24, 2.45) is 0 Å². The van der Waals surface area contributed by atoms with Gasteiger partial charge >= 0.3 is 15.6 Å². The molecule has 4 unspecified atom stereocenters. The van der Waals surface area contributed by atoms with Gasteiger partial charge in [0.1, 0.15) is 48.5 Å². The van der Waals surface area contributed by atoms with E-state index in [0.717, 1.165) is 17.2 Å². The highest BCUT2D eigenvalue weighted by Crippen LogP contribution is 2.53. The largest absolute Gasteiger partial charge is 0.472 e. The van der Waals surface area contributed by atoms with Gasteiger partial charge in [0, 0.05) is 0 Å². The smallest absolute Gasteiger partial charge is 0.387 e. The quantitative estimate of drug-likeness (QED) is 0.109. The van der Waals surface area contributed by atoms with Crippen LogP contribution in [-0.2, 0) is 36.7 Å². The fourth-order valence-electron chi connectivity index (χ4n) is 5.28. The number of rotatable bonds is 2. The molecule has 4 aromatic heterocycles. The van der Waals surface area contributed by atoms with Crippen LogP contribution in [0, 0.1) is 0 Å². The number of nitrogens with two attached hydrogens (primary N) is 2. The number of hydrogen-bond donors (Lipinski definition) is 7. The van der Waals surface area contributed by atoms with E-state index in [9.17, 15) is 33.9 Å². The summed E-state index contributed by atoms with van der Waals surface area (Å²) < 4.78 is 61.2. The molecule has 0 aromatic carbocycles. The lowest BCUT2D eigenvalue weighted by atomic mass is 10.1. The highest BCUT2D eigenvalue weighted by Gasteiger charge is 2.54. The minimum atomic E-state index is -5.09. The number of fused-ring (bicyclic) bond motifs is 6. The van der Waals surface area contributed by atoms with E-state index in [2.05, 4.69) is 29.9 Å². The molecular formula is C20H24N10O13P2. The molecule has 23 nitrogen and oxygen atoms in total. The maximum atomic E-state index is 13.2. The van der Waals surface area contributed by atoms with E-state index < -0.39 is 83.5 Å². The predicted molar refractivity (Wildman–Crippen MR) is 143 cm³/mol. The topological polar surface area (TPSA) is 330 Å². The first-order chi connectivity index (χ1) is 21.3. The summed E-state index contributed by atoms with van der Waals surface area (Å²) in [6.07, 6.45) is -9.33. The molecule has 3 fully saturated rings. The van der Waals surface area contributed by atoms with E-state index in [4.69, 9.17) is 39.0 Å². The van der Waals surface area contributed by atoms with Gasteiger partial charge in [0.05, 0.1) is 25.9 Å². The predicted octanol–water partition coefficient (Wildman–Crippen LogP) is -2.34. The second-order valence-electron chi connectivity index (χ2n) is 10.1. The molecule has 3 aliphatic rings. The molecule has 0 radical (unpaired) electrons. The molecule has 4 aromatic rings. The molecular weight excluding hydrogens is 650 g/mol. The van der Waals surface area contributed by atoms with Gasteiger partial charge < -0.3 is 40.9 Å². The molecule has 0 aliphatic carbocycles. The van der Waals surface area contributed by atoms with Crippen molar-refractivity contribution < 1.29 is 56.7 Å². The zero-order valence-electron chi connectivity index (χ0n) is 22.4. The molecule has 45 heavy (non-hydrogen) atoms. The van der Waals surface area contributed by atoms with E-state index >= 15 is 0 Å². The summed E-state index contributed by atoms with van der Waals surface area (Å²) in [5.41, 5.74) is 10.8. The monoisotopic (exact) mass is 674 g/mol. The number of hydrogen-bond acceptors (Lipinski definition) is 18. The van der Waals surface area contributed by atoms with Gasteiger partial charge in [-0.3, -0.25) is 37.0 Å². The first-order valence-corrected chi connectivity index (χ1v) is 15.9. The third-order valence-corrected chi connectivity index (χ3v) is 9.30. The molecule has 0 saturated carbocycles. The minimum Gasteiger partial charge on any atom is -0.387 e. The van der Waals surface area contributed by atoms with Crippen molar-refractivity contribution >= 4 is 49.7 Å². The number of phosphoric ester groups is 2. The SMILES string of the molecule is Nc1nc2c(ncn2[C@@H]2O[C@@H]3COP(=O)(O)O[C@H]4C(O)[C@@H](COP(=O)(O)O[C@H]2C3O)O[C@H]4n2cnc3c(N)ncnc32)c(=O)[nH]1. The second-order valence-corrected chi connectivity index (χ2v) is 13.0.